The molecule has 0 unspecified atom stereocenters. The van der Waals surface area contributed by atoms with Gasteiger partial charge in [0.05, 0.1) is 19.3 Å². The van der Waals surface area contributed by atoms with Crippen molar-refractivity contribution in [3.05, 3.63) is 53.6 Å². The number of carbonyl (C=O) groups is 3. The number of nitrogens with zero attached hydrogens (tertiary/aromatic N) is 1. The molecule has 10 nitrogen and oxygen atoms in total. The molecule has 0 saturated carbocycles. The summed E-state index contributed by atoms with van der Waals surface area (Å²) >= 11 is 0. The number of benzene rings is 2. The minimum atomic E-state index is -0.761. The first-order valence-electron chi connectivity index (χ1n) is 11.9. The maximum Gasteiger partial charge on any atom is 0.257 e. The van der Waals surface area contributed by atoms with E-state index in [2.05, 4.69) is 10.6 Å². The van der Waals surface area contributed by atoms with Gasteiger partial charge in [0.1, 0.15) is 11.8 Å². The van der Waals surface area contributed by atoms with Gasteiger partial charge in [0.2, 0.25) is 12.7 Å². The van der Waals surface area contributed by atoms with Gasteiger partial charge in [0.15, 0.2) is 11.5 Å². The Labute approximate surface area is 209 Å². The van der Waals surface area contributed by atoms with Crippen molar-refractivity contribution in [3.63, 3.8) is 0 Å². The van der Waals surface area contributed by atoms with Crippen LogP contribution in [-0.4, -0.2) is 75.9 Å². The fourth-order valence-corrected chi connectivity index (χ4v) is 4.47. The molecule has 36 heavy (non-hydrogen) atoms. The highest BCUT2D eigenvalue weighted by atomic mass is 16.7. The summed E-state index contributed by atoms with van der Waals surface area (Å²) in [5.74, 6) is 0.669. The van der Waals surface area contributed by atoms with Gasteiger partial charge < -0.3 is 34.5 Å². The highest BCUT2D eigenvalue weighted by molar-refractivity contribution is 5.98. The lowest BCUT2D eigenvalue weighted by Gasteiger charge is -2.36. The van der Waals surface area contributed by atoms with Crippen LogP contribution in [0.1, 0.15) is 33.6 Å². The van der Waals surface area contributed by atoms with E-state index in [4.69, 9.17) is 18.9 Å². The van der Waals surface area contributed by atoms with Gasteiger partial charge in [0.25, 0.3) is 11.8 Å². The van der Waals surface area contributed by atoms with Gasteiger partial charge >= 0.3 is 0 Å². The lowest BCUT2D eigenvalue weighted by Crippen LogP contribution is -2.54. The number of ether oxygens (including phenoxy) is 4. The number of carbonyl (C=O) groups excluding carboxylic acids is 3. The van der Waals surface area contributed by atoms with Crippen molar-refractivity contribution in [1.82, 2.24) is 15.5 Å². The number of nitrogens with one attached hydrogen (secondary N) is 2. The zero-order chi connectivity index (χ0) is 25.5. The monoisotopic (exact) mass is 497 g/mol. The van der Waals surface area contributed by atoms with Gasteiger partial charge in [-0.25, -0.2) is 0 Å². The second-order valence-corrected chi connectivity index (χ2v) is 8.63. The quantitative estimate of drug-likeness (QED) is 0.508. The van der Waals surface area contributed by atoms with E-state index in [0.717, 1.165) is 0 Å². The Morgan fingerprint density at radius 1 is 1.06 bits per heavy atom. The lowest BCUT2D eigenvalue weighted by atomic mass is 9.88. The van der Waals surface area contributed by atoms with Crippen LogP contribution in [0.25, 0.3) is 0 Å². The first kappa shape index (κ1) is 25.3. The van der Waals surface area contributed by atoms with Crippen LogP contribution in [0, 0.1) is 5.92 Å². The second-order valence-electron chi connectivity index (χ2n) is 8.63. The van der Waals surface area contributed by atoms with Crippen LogP contribution in [0.5, 0.6) is 17.2 Å². The molecule has 0 aliphatic carbocycles. The van der Waals surface area contributed by atoms with Crippen molar-refractivity contribution in [2.45, 2.75) is 18.9 Å². The Hall–Kier alpha value is -3.79. The minimum absolute atomic E-state index is 0.108. The van der Waals surface area contributed by atoms with Crippen molar-refractivity contribution < 1.29 is 33.3 Å². The van der Waals surface area contributed by atoms with Crippen LogP contribution in [0.4, 0.5) is 0 Å². The Balaban J connectivity index is 1.44. The molecule has 0 bridgehead atoms. The number of hydrogen-bond donors (Lipinski definition) is 2. The minimum Gasteiger partial charge on any atom is -0.496 e. The van der Waals surface area contributed by atoms with Crippen LogP contribution in [-0.2, 0) is 9.53 Å². The van der Waals surface area contributed by atoms with Crippen molar-refractivity contribution in [2.75, 3.05) is 47.3 Å². The molecule has 3 amide bonds. The van der Waals surface area contributed by atoms with E-state index < -0.39 is 6.04 Å². The van der Waals surface area contributed by atoms with E-state index in [1.54, 1.807) is 48.4 Å². The van der Waals surface area contributed by atoms with E-state index in [1.165, 1.54) is 7.11 Å². The zero-order valence-electron chi connectivity index (χ0n) is 20.5. The smallest absolute Gasteiger partial charge is 0.257 e. The summed E-state index contributed by atoms with van der Waals surface area (Å²) < 4.78 is 21.0. The first-order chi connectivity index (χ1) is 17.5. The highest BCUT2D eigenvalue weighted by Gasteiger charge is 2.34. The predicted octanol–water partition coefficient (Wildman–Crippen LogP) is 1.84. The molecule has 0 spiro atoms. The number of hydrogen-bond acceptors (Lipinski definition) is 7. The molecule has 0 aromatic heterocycles. The van der Waals surface area contributed by atoms with E-state index >= 15 is 0 Å². The Morgan fingerprint density at radius 2 is 1.81 bits per heavy atom. The first-order valence-corrected chi connectivity index (χ1v) is 11.9. The zero-order valence-corrected chi connectivity index (χ0v) is 20.5. The molecule has 10 heteroatoms. The summed E-state index contributed by atoms with van der Waals surface area (Å²) in [6, 6.07) is 11.3. The fourth-order valence-electron chi connectivity index (χ4n) is 4.47. The third-order valence-electron chi connectivity index (χ3n) is 6.44. The van der Waals surface area contributed by atoms with Crippen molar-refractivity contribution >= 4 is 17.7 Å². The van der Waals surface area contributed by atoms with Crippen LogP contribution < -0.4 is 24.8 Å². The predicted molar refractivity (Wildman–Crippen MR) is 130 cm³/mol. The SMILES string of the molecule is COCCNC(=O)[C@@H](NC(=O)c1ccc2c(c1)OCO2)C1CCN(C(=O)c2ccccc2OC)CC1. The Morgan fingerprint density at radius 3 is 2.56 bits per heavy atom. The van der Waals surface area contributed by atoms with E-state index in [9.17, 15) is 14.4 Å². The number of para-hydroxylation sites is 1. The average Bonchev–Trinajstić information content (AvgIpc) is 3.39. The largest absolute Gasteiger partial charge is 0.496 e. The maximum atomic E-state index is 13.1. The number of methoxy groups -OCH3 is 2. The van der Waals surface area contributed by atoms with Crippen LogP contribution in [0.3, 0.4) is 0 Å². The molecule has 1 atom stereocenters. The standard InChI is InChI=1S/C26H31N3O7/c1-33-14-11-27-25(31)23(28-24(30)18-7-8-21-22(15-18)36-16-35-21)17-9-12-29(13-10-17)26(32)19-5-3-4-6-20(19)34-2/h3-8,15,17,23H,9-14,16H2,1-2H3,(H,27,31)(H,28,30)/t23-/m0/s1. The average molecular weight is 498 g/mol. The molecule has 2 aromatic carbocycles. The summed E-state index contributed by atoms with van der Waals surface area (Å²) in [7, 11) is 3.09. The molecule has 4 rings (SSSR count). The molecule has 2 heterocycles. The molecule has 192 valence electrons. The van der Waals surface area contributed by atoms with Gasteiger partial charge in [-0.2, -0.15) is 0 Å². The summed E-state index contributed by atoms with van der Waals surface area (Å²) in [6.45, 7) is 1.72. The molecule has 1 fully saturated rings. The summed E-state index contributed by atoms with van der Waals surface area (Å²) in [5, 5.41) is 5.74. The third-order valence-corrected chi connectivity index (χ3v) is 6.44. The fraction of sp³-hybridized carbons (Fsp3) is 0.423. The van der Waals surface area contributed by atoms with Crippen LogP contribution in [0.2, 0.25) is 0 Å². The van der Waals surface area contributed by atoms with Gasteiger partial charge in [-0.1, -0.05) is 12.1 Å². The van der Waals surface area contributed by atoms with E-state index in [-0.39, 0.29) is 30.4 Å². The number of fused-ring (bicyclic) bond motifs is 1. The van der Waals surface area contributed by atoms with E-state index in [0.29, 0.717) is 67.5 Å². The number of amides is 3. The maximum absolute atomic E-state index is 13.1. The lowest BCUT2D eigenvalue weighted by molar-refractivity contribution is -0.124. The topological polar surface area (TPSA) is 115 Å². The van der Waals surface area contributed by atoms with Crippen LogP contribution in [0.15, 0.2) is 42.5 Å². The summed E-state index contributed by atoms with van der Waals surface area (Å²) in [5.41, 5.74) is 0.876. The molecule has 2 aliphatic rings. The highest BCUT2D eigenvalue weighted by Crippen LogP contribution is 2.32. The summed E-state index contributed by atoms with van der Waals surface area (Å²) in [6.07, 6.45) is 1.12. The molecule has 2 N–H and O–H groups in total. The second kappa shape index (κ2) is 11.8. The Kier molecular flexibility index (Phi) is 8.27. The van der Waals surface area contributed by atoms with Crippen molar-refractivity contribution in [1.29, 1.82) is 0 Å². The van der Waals surface area contributed by atoms with E-state index in [1.807, 2.05) is 6.07 Å². The molecular weight excluding hydrogens is 466 g/mol. The van der Waals surface area contributed by atoms with Crippen LogP contribution >= 0.6 is 0 Å². The van der Waals surface area contributed by atoms with Crippen molar-refractivity contribution in [3.8, 4) is 17.2 Å². The number of piperidine rings is 1. The Bertz CT molecular complexity index is 1100. The number of rotatable bonds is 9. The van der Waals surface area contributed by atoms with Gasteiger partial charge in [-0.05, 0) is 49.1 Å². The third kappa shape index (κ3) is 5.71. The molecular formula is C26H31N3O7. The molecule has 2 aliphatic heterocycles. The van der Waals surface area contributed by atoms with Gasteiger partial charge in [0, 0.05) is 32.3 Å². The normalized spacial score (nSPS) is 15.8. The van der Waals surface area contributed by atoms with Crippen molar-refractivity contribution in [2.24, 2.45) is 5.92 Å². The molecule has 0 radical (unpaired) electrons. The summed E-state index contributed by atoms with van der Waals surface area (Å²) in [4.78, 5) is 41.0. The molecule has 1 saturated heterocycles. The van der Waals surface area contributed by atoms with Gasteiger partial charge in [-0.15, -0.1) is 0 Å². The number of likely N-dealkylation sites (tertiary alicyclic amines) is 1. The molecule has 2 aromatic rings. The van der Waals surface area contributed by atoms with Gasteiger partial charge in [-0.3, -0.25) is 14.4 Å².